The van der Waals surface area contributed by atoms with Gasteiger partial charge in [-0.3, -0.25) is 14.2 Å². The number of ether oxygens (including phenoxy) is 1. The van der Waals surface area contributed by atoms with Crippen LogP contribution in [0.4, 0.5) is 64.3 Å². The molecule has 1 aliphatic rings. The number of rotatable bonds is 7. The van der Waals surface area contributed by atoms with E-state index in [1.165, 1.54) is 44.6 Å². The zero-order chi connectivity index (χ0) is 44.8. The lowest BCUT2D eigenvalue weighted by Crippen LogP contribution is -2.17. The van der Waals surface area contributed by atoms with Crippen molar-refractivity contribution in [2.45, 2.75) is 37.7 Å². The van der Waals surface area contributed by atoms with Crippen molar-refractivity contribution in [3.63, 3.8) is 0 Å². The van der Waals surface area contributed by atoms with Gasteiger partial charge in [-0.1, -0.05) is 0 Å². The zero-order valence-corrected chi connectivity index (χ0v) is 31.4. The summed E-state index contributed by atoms with van der Waals surface area (Å²) in [7, 11) is 8.00. The van der Waals surface area contributed by atoms with Crippen molar-refractivity contribution in [3.05, 3.63) is 130 Å². The molecule has 1 fully saturated rings. The monoisotopic (exact) mass is 868 g/mol. The van der Waals surface area contributed by atoms with Gasteiger partial charge < -0.3 is 15.4 Å². The van der Waals surface area contributed by atoms with Gasteiger partial charge in [0.2, 0.25) is 0 Å². The van der Waals surface area contributed by atoms with Gasteiger partial charge in [-0.25, -0.2) is 36.3 Å². The number of alkyl halides is 6. The van der Waals surface area contributed by atoms with E-state index in [1.54, 1.807) is 0 Å². The Kier molecular flexibility index (Phi) is 14.2. The van der Waals surface area contributed by atoms with Crippen LogP contribution in [0.3, 0.4) is 0 Å². The summed E-state index contributed by atoms with van der Waals surface area (Å²) < 4.78 is 164. The molecule has 23 heteroatoms. The van der Waals surface area contributed by atoms with Crippen molar-refractivity contribution in [2.24, 2.45) is 14.1 Å². The SMILES string of the molecule is Cn1nc(C(F)(F)F)cc1-c1ccc(NC(=O)c2c(F)cc(F)cc2F)nc1.Cn1nc(C(F)(F)F)cc1-c1ccc(NCc2c(F)cc(F)cc2F)nc1.[B]C1CCCO1. The van der Waals surface area contributed by atoms with E-state index in [1.807, 2.05) is 0 Å². The second-order valence-electron chi connectivity index (χ2n) is 12.9. The third-order valence-corrected chi connectivity index (χ3v) is 8.45. The molecule has 0 saturated carbocycles. The van der Waals surface area contributed by atoms with Crippen molar-refractivity contribution < 1.29 is 62.2 Å². The van der Waals surface area contributed by atoms with Gasteiger partial charge in [0.15, 0.2) is 11.4 Å². The van der Waals surface area contributed by atoms with Gasteiger partial charge in [-0.15, -0.1) is 0 Å². The lowest BCUT2D eigenvalue weighted by atomic mass is 9.98. The predicted molar refractivity (Wildman–Crippen MR) is 196 cm³/mol. The molecule has 320 valence electrons. The lowest BCUT2D eigenvalue weighted by molar-refractivity contribution is -0.142. The molecular formula is C38H29BF12N8O2. The van der Waals surface area contributed by atoms with Gasteiger partial charge in [0.1, 0.15) is 59.9 Å². The van der Waals surface area contributed by atoms with Gasteiger partial charge in [0.05, 0.1) is 11.4 Å². The maximum Gasteiger partial charge on any atom is 0.435 e. The van der Waals surface area contributed by atoms with Crippen LogP contribution in [0.15, 0.2) is 73.1 Å². The van der Waals surface area contributed by atoms with Crippen LogP contribution in [0.2, 0.25) is 0 Å². The number of hydrogen-bond donors (Lipinski definition) is 2. The van der Waals surface area contributed by atoms with Crippen LogP contribution >= 0.6 is 0 Å². The quantitative estimate of drug-likeness (QED) is 0.122. The van der Waals surface area contributed by atoms with Crippen LogP contribution in [0.1, 0.15) is 40.2 Å². The standard InChI is InChI=1S/C17H10F6N4O.C17H12F6N4.C4H7BO/c1-27-12(6-13(26-27)17(21,22)23)8-2-3-14(24-7-8)25-16(28)15-10(19)4-9(18)5-11(15)20;1-27-14(6-15(26-27)17(21,22)23)9-2-3-16(24-7-9)25-8-11-12(19)4-10(18)5-13(11)20;5-4-2-1-3-6-4/h2-7H,1H3,(H,24,25,28);2-7H,8H2,1H3,(H,24,25);4H,1-3H2. The number of amides is 1. The molecule has 1 aliphatic heterocycles. The summed E-state index contributed by atoms with van der Waals surface area (Å²) in [5.74, 6) is -8.13. The van der Waals surface area contributed by atoms with Gasteiger partial charge in [0, 0.05) is 86.6 Å². The molecule has 2 aromatic carbocycles. The number of halogens is 12. The Morgan fingerprint density at radius 2 is 1.18 bits per heavy atom. The van der Waals surface area contributed by atoms with Crippen LogP contribution in [-0.2, 0) is 37.7 Å². The Morgan fingerprint density at radius 3 is 1.54 bits per heavy atom. The highest BCUT2D eigenvalue weighted by Gasteiger charge is 2.35. The molecule has 0 spiro atoms. The van der Waals surface area contributed by atoms with Crippen LogP contribution in [0, 0.1) is 34.9 Å². The van der Waals surface area contributed by atoms with E-state index in [4.69, 9.17) is 12.6 Å². The first-order valence-electron chi connectivity index (χ1n) is 17.5. The van der Waals surface area contributed by atoms with E-state index in [9.17, 15) is 57.5 Å². The maximum absolute atomic E-state index is 13.6. The molecule has 6 aromatic rings. The molecule has 1 saturated heterocycles. The summed E-state index contributed by atoms with van der Waals surface area (Å²) in [6, 6.07) is 9.12. The molecule has 2 radical (unpaired) electrons. The number of anilines is 2. The molecule has 61 heavy (non-hydrogen) atoms. The van der Waals surface area contributed by atoms with Gasteiger partial charge in [0.25, 0.3) is 5.91 Å². The first kappa shape index (κ1) is 45.7. The molecule has 4 aromatic heterocycles. The molecule has 1 amide bonds. The number of nitrogens with zero attached hydrogens (tertiary/aromatic N) is 6. The molecule has 7 rings (SSSR count). The van der Waals surface area contributed by atoms with E-state index in [-0.39, 0.29) is 46.7 Å². The first-order chi connectivity index (χ1) is 28.6. The average Bonchev–Trinajstić information content (AvgIpc) is 3.92. The Hall–Kier alpha value is -6.39. The highest BCUT2D eigenvalue weighted by molar-refractivity contribution is 6.11. The largest absolute Gasteiger partial charge is 0.435 e. The number of aromatic nitrogens is 6. The number of aryl methyl sites for hydroxylation is 2. The zero-order valence-electron chi connectivity index (χ0n) is 31.4. The van der Waals surface area contributed by atoms with Crippen molar-refractivity contribution in [1.29, 1.82) is 0 Å². The molecule has 0 aliphatic carbocycles. The summed E-state index contributed by atoms with van der Waals surface area (Å²) in [6.45, 7) is 0.579. The van der Waals surface area contributed by atoms with E-state index in [2.05, 4.69) is 30.8 Å². The van der Waals surface area contributed by atoms with E-state index in [0.717, 1.165) is 47.1 Å². The Morgan fingerprint density at radius 1 is 0.721 bits per heavy atom. The van der Waals surface area contributed by atoms with Crippen LogP contribution in [-0.4, -0.2) is 55.9 Å². The molecule has 1 atom stereocenters. The lowest BCUT2D eigenvalue weighted by Gasteiger charge is -2.09. The Bertz CT molecular complexity index is 2420. The highest BCUT2D eigenvalue weighted by atomic mass is 19.4. The van der Waals surface area contributed by atoms with Crippen molar-refractivity contribution >= 4 is 25.4 Å². The summed E-state index contributed by atoms with van der Waals surface area (Å²) in [5.41, 5.74) is -2.48. The number of carbonyl (C=O) groups is 1. The second-order valence-corrected chi connectivity index (χ2v) is 12.9. The number of pyridine rings is 2. The second kappa shape index (κ2) is 18.9. The minimum atomic E-state index is -4.61. The van der Waals surface area contributed by atoms with Gasteiger partial charge >= 0.3 is 12.4 Å². The van der Waals surface area contributed by atoms with E-state index < -0.39 is 70.1 Å². The number of carbonyl (C=O) groups excluding carboxylic acids is 1. The normalized spacial score (nSPS) is 13.8. The predicted octanol–water partition coefficient (Wildman–Crippen LogP) is 8.99. The molecular weight excluding hydrogens is 839 g/mol. The van der Waals surface area contributed by atoms with Crippen molar-refractivity contribution in [2.75, 3.05) is 17.2 Å². The fraction of sp³-hybridized carbons (Fsp3) is 0.237. The summed E-state index contributed by atoms with van der Waals surface area (Å²) in [4.78, 5) is 19.8. The number of hydrogen-bond acceptors (Lipinski definition) is 7. The maximum atomic E-state index is 13.6. The molecule has 10 nitrogen and oxygen atoms in total. The van der Waals surface area contributed by atoms with Crippen molar-refractivity contribution in [3.8, 4) is 22.5 Å². The van der Waals surface area contributed by atoms with E-state index in [0.29, 0.717) is 29.8 Å². The molecule has 1 unspecified atom stereocenters. The van der Waals surface area contributed by atoms with E-state index >= 15 is 0 Å². The smallest absolute Gasteiger partial charge is 0.388 e. The van der Waals surface area contributed by atoms with Gasteiger partial charge in [-0.05, 0) is 49.2 Å². The minimum Gasteiger partial charge on any atom is -0.388 e. The summed E-state index contributed by atoms with van der Waals surface area (Å²) in [5, 5.41) is 11.6. The Labute approximate surface area is 339 Å². The number of nitrogens with one attached hydrogen (secondary N) is 2. The summed E-state index contributed by atoms with van der Waals surface area (Å²) >= 11 is 0. The third kappa shape index (κ3) is 11.9. The third-order valence-electron chi connectivity index (χ3n) is 8.45. The van der Waals surface area contributed by atoms with Crippen molar-refractivity contribution in [1.82, 2.24) is 29.5 Å². The molecule has 2 N–H and O–H groups in total. The van der Waals surface area contributed by atoms with Gasteiger partial charge in [-0.2, -0.15) is 36.5 Å². The highest BCUT2D eigenvalue weighted by Crippen LogP contribution is 2.33. The fourth-order valence-electron chi connectivity index (χ4n) is 5.48. The molecule has 5 heterocycles. The number of benzene rings is 2. The minimum absolute atomic E-state index is 0.0463. The summed E-state index contributed by atoms with van der Waals surface area (Å²) in [6.07, 6.45) is -4.53. The van der Waals surface area contributed by atoms with Crippen LogP contribution in [0.25, 0.3) is 22.5 Å². The average molecular weight is 868 g/mol. The topological polar surface area (TPSA) is 112 Å². The Balaban J connectivity index is 0.000000203. The van der Waals surface area contributed by atoms with Crippen LogP contribution < -0.4 is 10.6 Å². The fourth-order valence-corrected chi connectivity index (χ4v) is 5.48. The molecule has 0 bridgehead atoms. The van der Waals surface area contributed by atoms with Crippen LogP contribution in [0.5, 0.6) is 0 Å². The first-order valence-corrected chi connectivity index (χ1v) is 17.5.